The molecule has 0 heterocycles. The molecule has 0 atom stereocenters. The maximum atomic E-state index is 13.0. The van der Waals surface area contributed by atoms with Crippen LogP contribution in [0, 0.1) is 17.8 Å². The van der Waals surface area contributed by atoms with Crippen LogP contribution in [0.1, 0.15) is 83.5 Å². The smallest absolute Gasteiger partial charge is 0.407 e. The van der Waals surface area contributed by atoms with Crippen molar-refractivity contribution in [2.45, 2.75) is 94.3 Å². The Balaban J connectivity index is 1.21. The molecule has 0 aromatic rings. The molecule has 0 aromatic heterocycles. The molecule has 0 aliphatic heterocycles. The lowest BCUT2D eigenvalue weighted by Crippen LogP contribution is -2.59. The Morgan fingerprint density at radius 2 is 1.45 bits per heavy atom. The minimum absolute atomic E-state index is 0.00155. The summed E-state index contributed by atoms with van der Waals surface area (Å²) in [6.07, 6.45) is 9.38. The second-order valence-corrected chi connectivity index (χ2v) is 10.9. The number of carbonyl (C=O) groups excluding carboxylic acids is 1. The number of nitrogens with one attached hydrogen (secondary N) is 1. The molecule has 0 aromatic carbocycles. The van der Waals surface area contributed by atoms with E-state index < -0.39 is 21.8 Å². The highest BCUT2D eigenvalue weighted by molar-refractivity contribution is 7.86. The maximum Gasteiger partial charge on any atom is 0.407 e. The Bertz CT molecular complexity index is 647. The van der Waals surface area contributed by atoms with Gasteiger partial charge in [0.25, 0.3) is 0 Å². The Morgan fingerprint density at radius 1 is 0.966 bits per heavy atom. The van der Waals surface area contributed by atoms with Crippen molar-refractivity contribution in [1.82, 2.24) is 5.32 Å². The standard InChI is InChI=1S/C20H33F2NO5S/c21-20(22,29(25,26)27)7-5-3-1-2-4-6-8-28-18(24)23-19-12-15-9-16(13-19)11-17(10-15)14-19/h15-17H,1-14H2,(H,23,24)(H,25,26,27)/p-1. The largest absolute Gasteiger partial charge is 0.743 e. The van der Waals surface area contributed by atoms with Gasteiger partial charge in [-0.15, -0.1) is 0 Å². The van der Waals surface area contributed by atoms with Crippen LogP contribution >= 0.6 is 0 Å². The number of rotatable bonds is 11. The number of hydrogen-bond donors (Lipinski definition) is 1. The van der Waals surface area contributed by atoms with Crippen LogP contribution in [0.4, 0.5) is 13.6 Å². The molecule has 0 radical (unpaired) electrons. The Morgan fingerprint density at radius 3 is 1.97 bits per heavy atom. The molecule has 4 fully saturated rings. The van der Waals surface area contributed by atoms with Crippen molar-refractivity contribution < 1.29 is 31.3 Å². The zero-order valence-electron chi connectivity index (χ0n) is 16.8. The van der Waals surface area contributed by atoms with Crippen LogP contribution in [0.3, 0.4) is 0 Å². The summed E-state index contributed by atoms with van der Waals surface area (Å²) in [6.45, 7) is 0.338. The molecule has 1 N–H and O–H groups in total. The van der Waals surface area contributed by atoms with Crippen molar-refractivity contribution in [3.63, 3.8) is 0 Å². The number of unbranched alkanes of at least 4 members (excludes halogenated alkanes) is 5. The fraction of sp³-hybridized carbons (Fsp3) is 0.950. The Labute approximate surface area is 171 Å². The zero-order valence-corrected chi connectivity index (χ0v) is 17.7. The molecule has 4 aliphatic carbocycles. The molecule has 4 bridgehead atoms. The van der Waals surface area contributed by atoms with Crippen LogP contribution in [-0.4, -0.2) is 36.5 Å². The Kier molecular flexibility index (Phi) is 7.08. The van der Waals surface area contributed by atoms with Gasteiger partial charge in [0, 0.05) is 12.0 Å². The first-order chi connectivity index (χ1) is 13.6. The lowest BCUT2D eigenvalue weighted by molar-refractivity contribution is -0.0191. The summed E-state index contributed by atoms with van der Waals surface area (Å²) in [5.41, 5.74) is -0.0501. The molecule has 0 unspecified atom stereocenters. The minimum atomic E-state index is -5.57. The van der Waals surface area contributed by atoms with Crippen molar-refractivity contribution in [2.75, 3.05) is 6.61 Å². The molecule has 0 spiro atoms. The van der Waals surface area contributed by atoms with Gasteiger partial charge in [-0.25, -0.2) is 13.2 Å². The van der Waals surface area contributed by atoms with E-state index in [-0.39, 0.29) is 18.1 Å². The van der Waals surface area contributed by atoms with Gasteiger partial charge in [0.05, 0.1) is 6.61 Å². The summed E-state index contributed by atoms with van der Waals surface area (Å²) in [5, 5.41) is -1.01. The van der Waals surface area contributed by atoms with E-state index in [4.69, 9.17) is 4.74 Å². The summed E-state index contributed by atoms with van der Waals surface area (Å²) in [7, 11) is -5.57. The monoisotopic (exact) mass is 436 g/mol. The van der Waals surface area contributed by atoms with E-state index in [9.17, 15) is 26.5 Å². The van der Waals surface area contributed by atoms with Crippen LogP contribution in [0.2, 0.25) is 0 Å². The van der Waals surface area contributed by atoms with E-state index >= 15 is 0 Å². The zero-order chi connectivity index (χ0) is 21.1. The van der Waals surface area contributed by atoms with E-state index in [1.54, 1.807) is 0 Å². The predicted molar refractivity (Wildman–Crippen MR) is 102 cm³/mol. The predicted octanol–water partition coefficient (Wildman–Crippen LogP) is 4.55. The second-order valence-electron chi connectivity index (χ2n) is 9.42. The van der Waals surface area contributed by atoms with Crippen molar-refractivity contribution in [1.29, 1.82) is 0 Å². The van der Waals surface area contributed by atoms with E-state index in [1.807, 2.05) is 0 Å². The van der Waals surface area contributed by atoms with Crippen molar-refractivity contribution in [3.8, 4) is 0 Å². The highest BCUT2D eigenvalue weighted by Gasteiger charge is 2.51. The first-order valence-electron chi connectivity index (χ1n) is 10.9. The van der Waals surface area contributed by atoms with Gasteiger partial charge in [-0.3, -0.25) is 0 Å². The third-order valence-corrected chi connectivity index (χ3v) is 7.80. The molecule has 6 nitrogen and oxygen atoms in total. The summed E-state index contributed by atoms with van der Waals surface area (Å²) >= 11 is 0. The van der Waals surface area contributed by atoms with E-state index in [2.05, 4.69) is 5.32 Å². The highest BCUT2D eigenvalue weighted by atomic mass is 32.2. The van der Waals surface area contributed by atoms with Crippen LogP contribution in [0.15, 0.2) is 0 Å². The molecule has 4 saturated carbocycles. The van der Waals surface area contributed by atoms with Crippen molar-refractivity contribution >= 4 is 16.2 Å². The first-order valence-corrected chi connectivity index (χ1v) is 12.3. The maximum absolute atomic E-state index is 13.0. The van der Waals surface area contributed by atoms with Gasteiger partial charge >= 0.3 is 11.3 Å². The van der Waals surface area contributed by atoms with E-state index in [1.165, 1.54) is 19.3 Å². The molecule has 4 aliphatic rings. The lowest BCUT2D eigenvalue weighted by Gasteiger charge is -2.56. The average Bonchev–Trinajstić information content (AvgIpc) is 2.57. The molecule has 9 heteroatoms. The van der Waals surface area contributed by atoms with Crippen LogP contribution in [-0.2, 0) is 14.9 Å². The number of carbonyl (C=O) groups is 1. The Hall–Kier alpha value is -0.960. The normalized spacial score (nSPS) is 31.1. The quantitative estimate of drug-likeness (QED) is 0.379. The number of halogens is 2. The average molecular weight is 437 g/mol. The lowest BCUT2D eigenvalue weighted by atomic mass is 9.53. The second kappa shape index (κ2) is 9.04. The molecule has 1 amide bonds. The summed E-state index contributed by atoms with van der Waals surface area (Å²) in [6, 6.07) is 0. The molecule has 4 rings (SSSR count). The fourth-order valence-corrected chi connectivity index (χ4v) is 6.34. The number of hydrogen-bond acceptors (Lipinski definition) is 5. The summed E-state index contributed by atoms with van der Waals surface area (Å²) in [5.74, 6) is 2.28. The fourth-order valence-electron chi connectivity index (χ4n) is 5.95. The van der Waals surface area contributed by atoms with Gasteiger partial charge in [-0.2, -0.15) is 8.78 Å². The van der Waals surface area contributed by atoms with Crippen LogP contribution in [0.25, 0.3) is 0 Å². The SMILES string of the molecule is O=C(NC12CC3CC(CC(C3)C1)C2)OCCCCCCCCC(F)(F)S(=O)(=O)[O-]. The molecule has 0 saturated heterocycles. The van der Waals surface area contributed by atoms with Gasteiger partial charge in [-0.1, -0.05) is 25.7 Å². The van der Waals surface area contributed by atoms with Gasteiger partial charge in [0.15, 0.2) is 10.1 Å². The van der Waals surface area contributed by atoms with Crippen LogP contribution in [0.5, 0.6) is 0 Å². The van der Waals surface area contributed by atoms with Crippen LogP contribution < -0.4 is 5.32 Å². The number of alkyl halides is 2. The molecule has 168 valence electrons. The summed E-state index contributed by atoms with van der Waals surface area (Å²) < 4.78 is 62.5. The molecule has 29 heavy (non-hydrogen) atoms. The minimum Gasteiger partial charge on any atom is -0.743 e. The number of amides is 1. The molecular formula is C20H32F2NO5S-. The topological polar surface area (TPSA) is 95.5 Å². The molecular weight excluding hydrogens is 404 g/mol. The van der Waals surface area contributed by atoms with Crippen molar-refractivity contribution in [2.24, 2.45) is 17.8 Å². The van der Waals surface area contributed by atoms with Gasteiger partial charge in [0.1, 0.15) is 0 Å². The van der Waals surface area contributed by atoms with Gasteiger partial charge in [-0.05, 0) is 69.1 Å². The third-order valence-electron chi connectivity index (χ3n) is 6.87. The number of ether oxygens (including phenoxy) is 1. The van der Waals surface area contributed by atoms with Crippen molar-refractivity contribution in [3.05, 3.63) is 0 Å². The summed E-state index contributed by atoms with van der Waals surface area (Å²) in [4.78, 5) is 12.2. The number of alkyl carbamates (subject to hydrolysis) is 1. The first kappa shape index (κ1) is 22.7. The van der Waals surface area contributed by atoms with Gasteiger partial charge < -0.3 is 14.6 Å². The third kappa shape index (κ3) is 6.03. The van der Waals surface area contributed by atoms with Gasteiger partial charge in [0.2, 0.25) is 0 Å². The van der Waals surface area contributed by atoms with E-state index in [0.717, 1.165) is 49.9 Å². The highest BCUT2D eigenvalue weighted by Crippen LogP contribution is 2.55. The van der Waals surface area contributed by atoms with E-state index in [0.29, 0.717) is 25.9 Å².